The van der Waals surface area contributed by atoms with E-state index in [0.717, 1.165) is 37.5 Å². The first-order valence-electron chi connectivity index (χ1n) is 8.29. The monoisotopic (exact) mass is 265 g/mol. The van der Waals surface area contributed by atoms with E-state index < -0.39 is 0 Å². The van der Waals surface area contributed by atoms with Crippen LogP contribution in [0.4, 0.5) is 0 Å². The first kappa shape index (κ1) is 13.9. The number of fused-ring (bicyclic) bond motifs is 2. The van der Waals surface area contributed by atoms with Gasteiger partial charge in [0.15, 0.2) is 0 Å². The van der Waals surface area contributed by atoms with Gasteiger partial charge in [-0.2, -0.15) is 0 Å². The maximum absolute atomic E-state index is 5.78. The highest BCUT2D eigenvalue weighted by molar-refractivity contribution is 4.96. The molecule has 4 unspecified atom stereocenters. The molecule has 19 heavy (non-hydrogen) atoms. The summed E-state index contributed by atoms with van der Waals surface area (Å²) in [5.41, 5.74) is 0.659. The molecule has 1 N–H and O–H groups in total. The standard InChI is InChI=1S/C17H31NO/c1-16(2,3)18-11-17(6-7-19-12-17)10-15-9-13-4-5-14(15)8-13/h13-15,18H,4-12H2,1-3H3. The molecule has 3 aliphatic rings. The van der Waals surface area contributed by atoms with Crippen molar-refractivity contribution in [1.29, 1.82) is 0 Å². The smallest absolute Gasteiger partial charge is 0.0535 e. The lowest BCUT2D eigenvalue weighted by atomic mass is 9.73. The Morgan fingerprint density at radius 3 is 2.58 bits per heavy atom. The van der Waals surface area contributed by atoms with Crippen molar-refractivity contribution in [3.05, 3.63) is 0 Å². The van der Waals surface area contributed by atoms with Crippen molar-refractivity contribution >= 4 is 0 Å². The highest BCUT2D eigenvalue weighted by Crippen LogP contribution is 2.52. The molecule has 3 rings (SSSR count). The first-order chi connectivity index (χ1) is 8.96. The highest BCUT2D eigenvalue weighted by atomic mass is 16.5. The van der Waals surface area contributed by atoms with Crippen LogP contribution in [0.2, 0.25) is 0 Å². The van der Waals surface area contributed by atoms with Crippen molar-refractivity contribution in [1.82, 2.24) is 5.32 Å². The molecule has 0 aromatic carbocycles. The minimum absolute atomic E-state index is 0.226. The van der Waals surface area contributed by atoms with E-state index in [1.165, 1.54) is 38.5 Å². The lowest BCUT2D eigenvalue weighted by molar-refractivity contribution is 0.112. The van der Waals surface area contributed by atoms with Gasteiger partial charge in [0.25, 0.3) is 0 Å². The Balaban J connectivity index is 1.60. The molecule has 0 spiro atoms. The summed E-state index contributed by atoms with van der Waals surface area (Å²) in [4.78, 5) is 0. The third-order valence-corrected chi connectivity index (χ3v) is 5.76. The van der Waals surface area contributed by atoms with Gasteiger partial charge in [-0.25, -0.2) is 0 Å². The fourth-order valence-corrected chi connectivity index (χ4v) is 4.66. The van der Waals surface area contributed by atoms with Crippen LogP contribution in [0.15, 0.2) is 0 Å². The van der Waals surface area contributed by atoms with E-state index in [0.29, 0.717) is 5.41 Å². The number of rotatable bonds is 4. The van der Waals surface area contributed by atoms with Crippen LogP contribution in [0.1, 0.15) is 59.3 Å². The SMILES string of the molecule is CC(C)(C)NCC1(CC2CC3CCC2C3)CCOC1. The number of nitrogens with one attached hydrogen (secondary N) is 1. The molecule has 2 bridgehead atoms. The third-order valence-electron chi connectivity index (χ3n) is 5.76. The molecule has 2 aliphatic carbocycles. The number of hydrogen-bond donors (Lipinski definition) is 1. The van der Waals surface area contributed by atoms with Crippen LogP contribution in [0.5, 0.6) is 0 Å². The van der Waals surface area contributed by atoms with Gasteiger partial charge in [-0.05, 0) is 70.6 Å². The summed E-state index contributed by atoms with van der Waals surface area (Å²) in [5, 5.41) is 3.74. The average molecular weight is 265 g/mol. The van der Waals surface area contributed by atoms with Gasteiger partial charge in [0.1, 0.15) is 0 Å². The predicted molar refractivity (Wildman–Crippen MR) is 79.2 cm³/mol. The van der Waals surface area contributed by atoms with Gasteiger partial charge in [-0.1, -0.05) is 6.42 Å². The van der Waals surface area contributed by atoms with Crippen molar-refractivity contribution in [3.63, 3.8) is 0 Å². The molecule has 2 saturated carbocycles. The summed E-state index contributed by atoms with van der Waals surface area (Å²) in [7, 11) is 0. The zero-order valence-corrected chi connectivity index (χ0v) is 13.0. The van der Waals surface area contributed by atoms with E-state index in [-0.39, 0.29) is 5.54 Å². The first-order valence-corrected chi connectivity index (χ1v) is 8.29. The second-order valence-corrected chi connectivity index (χ2v) is 8.55. The summed E-state index contributed by atoms with van der Waals surface area (Å²) < 4.78 is 5.78. The van der Waals surface area contributed by atoms with Crippen molar-refractivity contribution in [3.8, 4) is 0 Å². The largest absolute Gasteiger partial charge is 0.381 e. The zero-order chi connectivity index (χ0) is 13.5. The zero-order valence-electron chi connectivity index (χ0n) is 13.0. The Bertz CT molecular complexity index is 314. The summed E-state index contributed by atoms with van der Waals surface area (Å²) in [6.45, 7) is 9.93. The topological polar surface area (TPSA) is 21.3 Å². The molecule has 110 valence electrons. The molecule has 4 atom stereocenters. The summed E-state index contributed by atoms with van der Waals surface area (Å²) in [6, 6.07) is 0. The lowest BCUT2D eigenvalue weighted by Gasteiger charge is -2.36. The minimum Gasteiger partial charge on any atom is -0.381 e. The van der Waals surface area contributed by atoms with Crippen LogP contribution >= 0.6 is 0 Å². The fraction of sp³-hybridized carbons (Fsp3) is 1.00. The normalized spacial score (nSPS) is 42.2. The molecule has 3 fully saturated rings. The summed E-state index contributed by atoms with van der Waals surface area (Å²) in [6.07, 6.45) is 8.77. The van der Waals surface area contributed by atoms with Crippen molar-refractivity contribution in [2.24, 2.45) is 23.2 Å². The van der Waals surface area contributed by atoms with Crippen LogP contribution in [0.25, 0.3) is 0 Å². The molecule has 2 nitrogen and oxygen atoms in total. The van der Waals surface area contributed by atoms with E-state index in [2.05, 4.69) is 26.1 Å². The predicted octanol–water partition coefficient (Wildman–Crippen LogP) is 3.61. The van der Waals surface area contributed by atoms with Crippen LogP contribution in [-0.2, 0) is 4.74 Å². The lowest BCUT2D eigenvalue weighted by Crippen LogP contribution is -2.45. The Morgan fingerprint density at radius 1 is 1.21 bits per heavy atom. The Kier molecular flexibility index (Phi) is 3.68. The quantitative estimate of drug-likeness (QED) is 0.838. The van der Waals surface area contributed by atoms with Crippen LogP contribution in [0.3, 0.4) is 0 Å². The number of hydrogen-bond acceptors (Lipinski definition) is 2. The van der Waals surface area contributed by atoms with Gasteiger partial charge >= 0.3 is 0 Å². The van der Waals surface area contributed by atoms with Gasteiger partial charge in [-0.3, -0.25) is 0 Å². The molecular formula is C17H31NO. The Hall–Kier alpha value is -0.0800. The Morgan fingerprint density at radius 2 is 2.05 bits per heavy atom. The molecule has 1 saturated heterocycles. The summed E-state index contributed by atoms with van der Waals surface area (Å²) >= 11 is 0. The molecular weight excluding hydrogens is 234 g/mol. The molecule has 2 heteroatoms. The molecule has 1 heterocycles. The maximum Gasteiger partial charge on any atom is 0.0535 e. The van der Waals surface area contributed by atoms with Gasteiger partial charge in [0.05, 0.1) is 6.61 Å². The molecule has 0 amide bonds. The maximum atomic E-state index is 5.78. The fourth-order valence-electron chi connectivity index (χ4n) is 4.66. The van der Waals surface area contributed by atoms with Gasteiger partial charge in [0.2, 0.25) is 0 Å². The van der Waals surface area contributed by atoms with Crippen LogP contribution < -0.4 is 5.32 Å². The molecule has 0 radical (unpaired) electrons. The molecule has 0 aromatic rings. The van der Waals surface area contributed by atoms with Crippen molar-refractivity contribution < 1.29 is 4.74 Å². The van der Waals surface area contributed by atoms with Gasteiger partial charge in [0, 0.05) is 24.1 Å². The average Bonchev–Trinajstić information content (AvgIpc) is 3.02. The van der Waals surface area contributed by atoms with Gasteiger partial charge < -0.3 is 10.1 Å². The second-order valence-electron chi connectivity index (χ2n) is 8.55. The Labute approximate surface area is 118 Å². The van der Waals surface area contributed by atoms with E-state index in [9.17, 15) is 0 Å². The number of ether oxygens (including phenoxy) is 1. The van der Waals surface area contributed by atoms with Gasteiger partial charge in [-0.15, -0.1) is 0 Å². The minimum atomic E-state index is 0.226. The van der Waals surface area contributed by atoms with Crippen LogP contribution in [0, 0.1) is 23.2 Å². The molecule has 1 aliphatic heterocycles. The highest BCUT2D eigenvalue weighted by Gasteiger charge is 2.45. The van der Waals surface area contributed by atoms with Crippen molar-refractivity contribution in [2.45, 2.75) is 64.8 Å². The molecule has 0 aromatic heterocycles. The summed E-state index contributed by atoms with van der Waals surface area (Å²) in [5.74, 6) is 3.13. The van der Waals surface area contributed by atoms with Crippen LogP contribution in [-0.4, -0.2) is 25.3 Å². The van der Waals surface area contributed by atoms with Crippen molar-refractivity contribution in [2.75, 3.05) is 19.8 Å². The second kappa shape index (κ2) is 5.04. The van der Waals surface area contributed by atoms with E-state index in [1.807, 2.05) is 0 Å². The van der Waals surface area contributed by atoms with E-state index in [4.69, 9.17) is 4.74 Å². The van der Waals surface area contributed by atoms with E-state index >= 15 is 0 Å². The van der Waals surface area contributed by atoms with E-state index in [1.54, 1.807) is 0 Å². The third kappa shape index (κ3) is 3.16.